The molecule has 0 amide bonds. The van der Waals surface area contributed by atoms with Crippen molar-refractivity contribution in [3.63, 3.8) is 0 Å². The van der Waals surface area contributed by atoms with Crippen LogP contribution in [0.4, 0.5) is 5.69 Å². The molecule has 0 aliphatic carbocycles. The van der Waals surface area contributed by atoms with Crippen LogP contribution in [0.15, 0.2) is 18.2 Å². The van der Waals surface area contributed by atoms with Gasteiger partial charge >= 0.3 is 5.97 Å². The van der Waals surface area contributed by atoms with E-state index in [4.69, 9.17) is 15.2 Å². The van der Waals surface area contributed by atoms with Crippen molar-refractivity contribution >= 4 is 11.7 Å². The molecule has 19 heavy (non-hydrogen) atoms. The molecule has 2 N–H and O–H groups in total. The molecule has 0 unspecified atom stereocenters. The maximum Gasteiger partial charge on any atom is 0.338 e. The molecule has 1 fully saturated rings. The van der Waals surface area contributed by atoms with Crippen molar-refractivity contribution in [1.29, 1.82) is 0 Å². The second-order valence-corrected chi connectivity index (χ2v) is 4.68. The van der Waals surface area contributed by atoms with E-state index in [1.807, 2.05) is 0 Å². The van der Waals surface area contributed by atoms with Crippen molar-refractivity contribution in [3.8, 4) is 5.75 Å². The first-order chi connectivity index (χ1) is 9.19. The minimum absolute atomic E-state index is 0.357. The number of carbonyl (C=O) groups is 1. The molecule has 1 aliphatic heterocycles. The average Bonchev–Trinajstić information content (AvgIpc) is 2.91. The summed E-state index contributed by atoms with van der Waals surface area (Å²) in [6, 6.07) is 4.90. The van der Waals surface area contributed by atoms with Gasteiger partial charge in [-0.1, -0.05) is 0 Å². The average molecular weight is 264 g/mol. The van der Waals surface area contributed by atoms with E-state index in [1.165, 1.54) is 20.0 Å². The van der Waals surface area contributed by atoms with Crippen LogP contribution in [0.1, 0.15) is 23.2 Å². The van der Waals surface area contributed by atoms with Crippen LogP contribution in [0, 0.1) is 0 Å². The number of hydrogen-bond acceptors (Lipinski definition) is 5. The third-order valence-electron chi connectivity index (χ3n) is 3.24. The molecular weight excluding hydrogens is 244 g/mol. The van der Waals surface area contributed by atoms with Gasteiger partial charge < -0.3 is 15.2 Å². The number of carbonyl (C=O) groups excluding carboxylic acids is 1. The molecule has 2 rings (SSSR count). The molecule has 0 atom stereocenters. The first kappa shape index (κ1) is 13.7. The van der Waals surface area contributed by atoms with E-state index in [2.05, 4.69) is 4.90 Å². The lowest BCUT2D eigenvalue weighted by molar-refractivity contribution is 0.0472. The van der Waals surface area contributed by atoms with E-state index < -0.39 is 0 Å². The molecule has 1 saturated heterocycles. The fourth-order valence-electron chi connectivity index (χ4n) is 2.21. The number of ether oxygens (including phenoxy) is 2. The summed E-state index contributed by atoms with van der Waals surface area (Å²) in [5, 5.41) is 0. The second kappa shape index (κ2) is 6.43. The third kappa shape index (κ3) is 3.86. The summed E-state index contributed by atoms with van der Waals surface area (Å²) in [5.74, 6) is 0.205. The number of likely N-dealkylation sites (tertiary alicyclic amines) is 1. The van der Waals surface area contributed by atoms with Crippen molar-refractivity contribution < 1.29 is 14.3 Å². The predicted molar refractivity (Wildman–Crippen MR) is 73.4 cm³/mol. The van der Waals surface area contributed by atoms with Crippen molar-refractivity contribution in [2.24, 2.45) is 0 Å². The monoisotopic (exact) mass is 264 g/mol. The van der Waals surface area contributed by atoms with Crippen LogP contribution in [0.3, 0.4) is 0 Å². The zero-order valence-electron chi connectivity index (χ0n) is 11.2. The summed E-state index contributed by atoms with van der Waals surface area (Å²) in [4.78, 5) is 14.2. The van der Waals surface area contributed by atoms with Gasteiger partial charge in [-0.2, -0.15) is 0 Å². The van der Waals surface area contributed by atoms with Gasteiger partial charge in [0.25, 0.3) is 0 Å². The van der Waals surface area contributed by atoms with Crippen molar-refractivity contribution in [1.82, 2.24) is 4.90 Å². The normalized spacial score (nSPS) is 15.4. The van der Waals surface area contributed by atoms with Gasteiger partial charge in [-0.05, 0) is 38.1 Å². The summed E-state index contributed by atoms with van der Waals surface area (Å²) in [6.45, 7) is 3.41. The lowest BCUT2D eigenvalue weighted by atomic mass is 10.2. The smallest absolute Gasteiger partial charge is 0.338 e. The zero-order valence-corrected chi connectivity index (χ0v) is 11.2. The molecule has 1 aromatic carbocycles. The number of nitrogens with zero attached hydrogens (tertiary/aromatic N) is 1. The third-order valence-corrected chi connectivity index (χ3v) is 3.24. The first-order valence-electron chi connectivity index (χ1n) is 6.53. The lowest BCUT2D eigenvalue weighted by Crippen LogP contribution is -2.25. The highest BCUT2D eigenvalue weighted by Gasteiger charge is 2.13. The number of methoxy groups -OCH3 is 1. The Bertz CT molecular complexity index is 442. The highest BCUT2D eigenvalue weighted by molar-refractivity contribution is 5.91. The van der Waals surface area contributed by atoms with Crippen LogP contribution in [-0.4, -0.2) is 44.2 Å². The van der Waals surface area contributed by atoms with Gasteiger partial charge in [0.15, 0.2) is 0 Å². The van der Waals surface area contributed by atoms with Crippen LogP contribution in [0.5, 0.6) is 5.75 Å². The second-order valence-electron chi connectivity index (χ2n) is 4.68. The molecule has 1 heterocycles. The Hall–Kier alpha value is -1.75. The number of nitrogens with two attached hydrogens (primary N) is 1. The molecule has 5 heteroatoms. The molecule has 0 bridgehead atoms. The largest absolute Gasteiger partial charge is 0.497 e. The Kier molecular flexibility index (Phi) is 4.63. The predicted octanol–water partition coefficient (Wildman–Crippen LogP) is 1.53. The van der Waals surface area contributed by atoms with Gasteiger partial charge in [-0.15, -0.1) is 0 Å². The van der Waals surface area contributed by atoms with Crippen LogP contribution in [0.25, 0.3) is 0 Å². The van der Waals surface area contributed by atoms with Crippen LogP contribution < -0.4 is 10.5 Å². The van der Waals surface area contributed by atoms with Gasteiger partial charge in [0, 0.05) is 18.3 Å². The van der Waals surface area contributed by atoms with Gasteiger partial charge in [-0.3, -0.25) is 4.90 Å². The molecular formula is C14H20N2O3. The summed E-state index contributed by atoms with van der Waals surface area (Å²) < 4.78 is 10.3. The molecule has 0 spiro atoms. The summed E-state index contributed by atoms with van der Waals surface area (Å²) in [6.07, 6.45) is 2.47. The van der Waals surface area contributed by atoms with E-state index >= 15 is 0 Å². The highest BCUT2D eigenvalue weighted by atomic mass is 16.5. The summed E-state index contributed by atoms with van der Waals surface area (Å²) in [7, 11) is 1.54. The minimum Gasteiger partial charge on any atom is -0.497 e. The first-order valence-corrected chi connectivity index (χ1v) is 6.53. The van der Waals surface area contributed by atoms with E-state index in [9.17, 15) is 4.79 Å². The Balaban J connectivity index is 1.86. The van der Waals surface area contributed by atoms with Crippen molar-refractivity contribution in [3.05, 3.63) is 23.8 Å². The van der Waals surface area contributed by atoms with Gasteiger partial charge in [0.2, 0.25) is 0 Å². The van der Waals surface area contributed by atoms with Gasteiger partial charge in [-0.25, -0.2) is 4.79 Å². The minimum atomic E-state index is -0.357. The summed E-state index contributed by atoms with van der Waals surface area (Å²) in [5.41, 5.74) is 6.63. The van der Waals surface area contributed by atoms with Crippen molar-refractivity contribution in [2.75, 3.05) is 39.1 Å². The Morgan fingerprint density at radius 3 is 2.74 bits per heavy atom. The van der Waals surface area contributed by atoms with E-state index in [0.29, 0.717) is 23.6 Å². The highest BCUT2D eigenvalue weighted by Crippen LogP contribution is 2.19. The maximum atomic E-state index is 11.9. The number of esters is 1. The Morgan fingerprint density at radius 1 is 1.32 bits per heavy atom. The standard InChI is InChI=1S/C14H20N2O3/c1-18-13-9-11(8-12(15)10-13)14(17)19-7-6-16-4-2-3-5-16/h8-10H,2-7,15H2,1H3. The maximum absolute atomic E-state index is 11.9. The molecule has 1 aliphatic rings. The molecule has 104 valence electrons. The van der Waals surface area contributed by atoms with E-state index in [1.54, 1.807) is 18.2 Å². The fraction of sp³-hybridized carbons (Fsp3) is 0.500. The zero-order chi connectivity index (χ0) is 13.7. The SMILES string of the molecule is COc1cc(N)cc(C(=O)OCCN2CCCC2)c1. The van der Waals surface area contributed by atoms with Crippen LogP contribution in [0.2, 0.25) is 0 Å². The Labute approximate surface area is 113 Å². The molecule has 1 aromatic rings. The number of nitrogen functional groups attached to an aromatic ring is 1. The topological polar surface area (TPSA) is 64.8 Å². The number of anilines is 1. The summed E-state index contributed by atoms with van der Waals surface area (Å²) >= 11 is 0. The molecule has 5 nitrogen and oxygen atoms in total. The molecule has 0 aromatic heterocycles. The van der Waals surface area contributed by atoms with Crippen LogP contribution in [-0.2, 0) is 4.74 Å². The van der Waals surface area contributed by atoms with E-state index in [0.717, 1.165) is 19.6 Å². The van der Waals surface area contributed by atoms with Gasteiger partial charge in [0.1, 0.15) is 12.4 Å². The van der Waals surface area contributed by atoms with Gasteiger partial charge in [0.05, 0.1) is 12.7 Å². The number of rotatable bonds is 5. The quantitative estimate of drug-likeness (QED) is 0.645. The number of hydrogen-bond donors (Lipinski definition) is 1. The Morgan fingerprint density at radius 2 is 2.05 bits per heavy atom. The van der Waals surface area contributed by atoms with Crippen molar-refractivity contribution in [2.45, 2.75) is 12.8 Å². The fourth-order valence-corrected chi connectivity index (χ4v) is 2.21. The van der Waals surface area contributed by atoms with Crippen LogP contribution >= 0.6 is 0 Å². The number of benzene rings is 1. The molecule has 0 radical (unpaired) electrons. The van der Waals surface area contributed by atoms with E-state index in [-0.39, 0.29) is 5.97 Å². The lowest BCUT2D eigenvalue weighted by Gasteiger charge is -2.14. The molecule has 0 saturated carbocycles.